The van der Waals surface area contributed by atoms with E-state index < -0.39 is 17.2 Å². The third-order valence-corrected chi connectivity index (χ3v) is 2.66. The molecule has 0 rings (SSSR count). The van der Waals surface area contributed by atoms with Gasteiger partial charge in [-0.25, -0.2) is 0 Å². The van der Waals surface area contributed by atoms with E-state index in [2.05, 4.69) is 10.1 Å². The number of ether oxygens (including phenoxy) is 1. The Hall–Kier alpha value is -0.610. The van der Waals surface area contributed by atoms with Crippen LogP contribution in [0, 0.1) is 0 Å². The molecule has 0 amide bonds. The quantitative estimate of drug-likeness (QED) is 0.660. The summed E-state index contributed by atoms with van der Waals surface area (Å²) in [6.45, 7) is 8.78. The summed E-state index contributed by atoms with van der Waals surface area (Å²) in [4.78, 5) is 11.2. The van der Waals surface area contributed by atoms with Crippen LogP contribution < -0.4 is 5.32 Å². The first-order valence-electron chi connectivity index (χ1n) is 4.69. The predicted molar refractivity (Wildman–Crippen MR) is 55.0 cm³/mol. The fraction of sp³-hybridized carbons (Fsp3) is 0.900. The number of hydrogen-bond donors (Lipinski definition) is 2. The van der Waals surface area contributed by atoms with Gasteiger partial charge in [0.1, 0.15) is 6.04 Å². The lowest BCUT2D eigenvalue weighted by Gasteiger charge is -2.39. The maximum atomic E-state index is 11.2. The van der Waals surface area contributed by atoms with Crippen molar-refractivity contribution in [2.45, 2.75) is 51.8 Å². The van der Waals surface area contributed by atoms with Crippen molar-refractivity contribution in [1.82, 2.24) is 5.32 Å². The average molecular weight is 203 g/mol. The van der Waals surface area contributed by atoms with Gasteiger partial charge in [-0.3, -0.25) is 10.1 Å². The van der Waals surface area contributed by atoms with E-state index >= 15 is 0 Å². The van der Waals surface area contributed by atoms with Gasteiger partial charge in [0.05, 0.1) is 12.7 Å². The Balaban J connectivity index is 4.44. The van der Waals surface area contributed by atoms with Crippen LogP contribution in [-0.4, -0.2) is 35.4 Å². The first-order chi connectivity index (χ1) is 6.12. The monoisotopic (exact) mass is 203 g/mol. The molecule has 0 saturated heterocycles. The lowest BCUT2D eigenvalue weighted by atomic mass is 9.85. The topological polar surface area (TPSA) is 58.6 Å². The molecule has 2 N–H and O–H groups in total. The Bertz CT molecular complexity index is 206. The second-order valence-corrected chi connectivity index (χ2v) is 4.57. The van der Waals surface area contributed by atoms with Gasteiger partial charge in [-0.15, -0.1) is 0 Å². The molecule has 0 aromatic heterocycles. The molecular weight excluding hydrogens is 182 g/mol. The Morgan fingerprint density at radius 1 is 1.36 bits per heavy atom. The third-order valence-electron chi connectivity index (χ3n) is 2.66. The SMILES string of the molecule is COC(=O)C(C)NC(C)(C)C(C)(C)O. The summed E-state index contributed by atoms with van der Waals surface area (Å²) in [6, 6.07) is -0.429. The van der Waals surface area contributed by atoms with E-state index in [4.69, 9.17) is 0 Å². The summed E-state index contributed by atoms with van der Waals surface area (Å²) in [5.74, 6) is -0.331. The standard InChI is InChI=1S/C10H21NO3/c1-7(8(12)14-6)11-9(2,3)10(4,5)13/h7,11,13H,1-6H3. The van der Waals surface area contributed by atoms with Crippen molar-refractivity contribution in [2.75, 3.05) is 7.11 Å². The number of carbonyl (C=O) groups is 1. The zero-order valence-corrected chi connectivity index (χ0v) is 9.84. The normalized spacial score (nSPS) is 15.1. The number of hydrogen-bond acceptors (Lipinski definition) is 4. The van der Waals surface area contributed by atoms with Crippen molar-refractivity contribution in [1.29, 1.82) is 0 Å². The zero-order chi connectivity index (χ0) is 11.6. The molecule has 0 aliphatic carbocycles. The van der Waals surface area contributed by atoms with Crippen LogP contribution in [0.3, 0.4) is 0 Å². The van der Waals surface area contributed by atoms with Gasteiger partial charge in [0, 0.05) is 5.54 Å². The van der Waals surface area contributed by atoms with Crippen LogP contribution in [0.15, 0.2) is 0 Å². The molecule has 0 aromatic carbocycles. The van der Waals surface area contributed by atoms with Crippen molar-refractivity contribution < 1.29 is 14.6 Å². The highest BCUT2D eigenvalue weighted by molar-refractivity contribution is 5.75. The molecule has 1 atom stereocenters. The van der Waals surface area contributed by atoms with Crippen LogP contribution in [0.4, 0.5) is 0 Å². The third kappa shape index (κ3) is 3.27. The van der Waals surface area contributed by atoms with Gasteiger partial charge in [-0.1, -0.05) is 0 Å². The highest BCUT2D eigenvalue weighted by Crippen LogP contribution is 2.21. The van der Waals surface area contributed by atoms with Gasteiger partial charge >= 0.3 is 5.97 Å². The second kappa shape index (κ2) is 4.28. The van der Waals surface area contributed by atoms with E-state index in [1.54, 1.807) is 20.8 Å². The van der Waals surface area contributed by atoms with Crippen LogP contribution in [0.5, 0.6) is 0 Å². The second-order valence-electron chi connectivity index (χ2n) is 4.57. The number of carbonyl (C=O) groups excluding carboxylic acids is 1. The maximum absolute atomic E-state index is 11.2. The van der Waals surface area contributed by atoms with E-state index in [0.717, 1.165) is 0 Å². The Kier molecular flexibility index (Phi) is 4.09. The summed E-state index contributed by atoms with van der Waals surface area (Å²) in [6.07, 6.45) is 0. The van der Waals surface area contributed by atoms with Gasteiger partial charge in [0.15, 0.2) is 0 Å². The molecule has 84 valence electrons. The van der Waals surface area contributed by atoms with Crippen molar-refractivity contribution >= 4 is 5.97 Å². The molecule has 0 fully saturated rings. The number of rotatable bonds is 4. The first-order valence-corrected chi connectivity index (χ1v) is 4.69. The average Bonchev–Trinajstić information content (AvgIpc) is 2.00. The number of esters is 1. The molecule has 0 spiro atoms. The van der Waals surface area contributed by atoms with Crippen molar-refractivity contribution in [3.8, 4) is 0 Å². The molecule has 14 heavy (non-hydrogen) atoms. The molecule has 0 aromatic rings. The maximum Gasteiger partial charge on any atom is 0.322 e. The van der Waals surface area contributed by atoms with E-state index in [9.17, 15) is 9.90 Å². The van der Waals surface area contributed by atoms with Gasteiger partial charge < -0.3 is 9.84 Å². The van der Waals surface area contributed by atoms with Crippen LogP contribution >= 0.6 is 0 Å². The molecule has 0 radical (unpaired) electrons. The molecule has 4 heteroatoms. The summed E-state index contributed by atoms with van der Waals surface area (Å²) < 4.78 is 4.59. The minimum Gasteiger partial charge on any atom is -0.468 e. The molecule has 4 nitrogen and oxygen atoms in total. The molecular formula is C10H21NO3. The lowest BCUT2D eigenvalue weighted by Crippen LogP contribution is -2.59. The molecule has 0 aliphatic rings. The summed E-state index contributed by atoms with van der Waals surface area (Å²) in [5.41, 5.74) is -1.46. The predicted octanol–water partition coefficient (Wildman–Crippen LogP) is 0.687. The Labute approximate surface area is 85.6 Å². The van der Waals surface area contributed by atoms with E-state index in [-0.39, 0.29) is 5.97 Å². The lowest BCUT2D eigenvalue weighted by molar-refractivity contribution is -0.144. The van der Waals surface area contributed by atoms with Gasteiger partial charge in [0.2, 0.25) is 0 Å². The summed E-state index contributed by atoms with van der Waals surface area (Å²) >= 11 is 0. The molecule has 0 aliphatic heterocycles. The smallest absolute Gasteiger partial charge is 0.322 e. The van der Waals surface area contributed by atoms with Crippen LogP contribution in [0.2, 0.25) is 0 Å². The van der Waals surface area contributed by atoms with Crippen LogP contribution in [0.25, 0.3) is 0 Å². The van der Waals surface area contributed by atoms with Gasteiger partial charge in [-0.2, -0.15) is 0 Å². The summed E-state index contributed by atoms with van der Waals surface area (Å²) in [7, 11) is 1.34. The van der Waals surface area contributed by atoms with E-state index in [1.165, 1.54) is 7.11 Å². The van der Waals surface area contributed by atoms with E-state index in [1.807, 2.05) is 13.8 Å². The molecule has 0 heterocycles. The largest absolute Gasteiger partial charge is 0.468 e. The molecule has 1 unspecified atom stereocenters. The Morgan fingerprint density at radius 3 is 2.07 bits per heavy atom. The van der Waals surface area contributed by atoms with Crippen molar-refractivity contribution in [3.05, 3.63) is 0 Å². The summed E-state index contributed by atoms with van der Waals surface area (Å²) in [5, 5.41) is 12.9. The number of nitrogens with one attached hydrogen (secondary N) is 1. The highest BCUT2D eigenvalue weighted by atomic mass is 16.5. The first kappa shape index (κ1) is 13.4. The van der Waals surface area contributed by atoms with Crippen molar-refractivity contribution in [2.24, 2.45) is 0 Å². The minimum atomic E-state index is -0.907. The Morgan fingerprint density at radius 2 is 1.79 bits per heavy atom. The number of methoxy groups -OCH3 is 1. The molecule has 0 bridgehead atoms. The highest BCUT2D eigenvalue weighted by Gasteiger charge is 2.37. The van der Waals surface area contributed by atoms with Gasteiger partial charge in [0.25, 0.3) is 0 Å². The minimum absolute atomic E-state index is 0.331. The fourth-order valence-corrected chi connectivity index (χ4v) is 0.954. The zero-order valence-electron chi connectivity index (χ0n) is 9.84. The van der Waals surface area contributed by atoms with Gasteiger partial charge in [-0.05, 0) is 34.6 Å². The van der Waals surface area contributed by atoms with Crippen molar-refractivity contribution in [3.63, 3.8) is 0 Å². The van der Waals surface area contributed by atoms with E-state index in [0.29, 0.717) is 0 Å². The fourth-order valence-electron chi connectivity index (χ4n) is 0.954. The molecule has 0 saturated carbocycles. The van der Waals surface area contributed by atoms with Crippen LogP contribution in [0.1, 0.15) is 34.6 Å². The number of aliphatic hydroxyl groups is 1. The van der Waals surface area contributed by atoms with Crippen LogP contribution in [-0.2, 0) is 9.53 Å².